The topological polar surface area (TPSA) is 12.5 Å². The third-order valence-corrected chi connectivity index (χ3v) is 3.20. The minimum atomic E-state index is 0.800. The first kappa shape index (κ1) is 14.9. The molecular formula is C16H25NO. The van der Waals surface area contributed by atoms with Gasteiger partial charge >= 0.3 is 0 Å². The Bertz CT molecular complexity index is 327. The molecule has 0 saturated carbocycles. The van der Waals surface area contributed by atoms with Gasteiger partial charge in [0, 0.05) is 6.54 Å². The minimum Gasteiger partial charge on any atom is -0.380 e. The molecule has 0 spiro atoms. The summed E-state index contributed by atoms with van der Waals surface area (Å²) in [6, 6.07) is 8.48. The fraction of sp³-hybridized carbons (Fsp3) is 0.500. The lowest BCUT2D eigenvalue weighted by Crippen LogP contribution is -2.27. The van der Waals surface area contributed by atoms with Gasteiger partial charge in [0.05, 0.1) is 13.2 Å². The summed E-state index contributed by atoms with van der Waals surface area (Å²) in [5.74, 6) is 0. The molecule has 0 unspecified atom stereocenters. The number of ether oxygens (including phenoxy) is 1. The van der Waals surface area contributed by atoms with Crippen molar-refractivity contribution in [3.8, 4) is 0 Å². The highest BCUT2D eigenvalue weighted by atomic mass is 16.5. The monoisotopic (exact) mass is 247 g/mol. The van der Waals surface area contributed by atoms with Gasteiger partial charge in [-0.25, -0.2) is 0 Å². The summed E-state index contributed by atoms with van der Waals surface area (Å²) in [5, 5.41) is 0. The molecule has 1 rings (SSSR count). The Morgan fingerprint density at radius 2 is 1.78 bits per heavy atom. The molecule has 0 amide bonds. The van der Waals surface area contributed by atoms with E-state index in [1.165, 1.54) is 11.1 Å². The van der Waals surface area contributed by atoms with Crippen LogP contribution in [0.1, 0.15) is 25.0 Å². The second-order valence-corrected chi connectivity index (χ2v) is 4.33. The fourth-order valence-corrected chi connectivity index (χ4v) is 1.85. The highest BCUT2D eigenvalue weighted by Gasteiger charge is 1.98. The van der Waals surface area contributed by atoms with Crippen LogP contribution in [0.5, 0.6) is 0 Å². The van der Waals surface area contributed by atoms with Gasteiger partial charge in [-0.05, 0) is 30.6 Å². The third-order valence-electron chi connectivity index (χ3n) is 3.20. The van der Waals surface area contributed by atoms with Crippen LogP contribution in [0.2, 0.25) is 0 Å². The van der Waals surface area contributed by atoms with Crippen LogP contribution < -0.4 is 0 Å². The Morgan fingerprint density at radius 1 is 1.11 bits per heavy atom. The van der Waals surface area contributed by atoms with Crippen molar-refractivity contribution >= 4 is 6.08 Å². The van der Waals surface area contributed by atoms with E-state index in [9.17, 15) is 0 Å². The van der Waals surface area contributed by atoms with Crippen LogP contribution >= 0.6 is 0 Å². The molecular weight excluding hydrogens is 222 g/mol. The summed E-state index contributed by atoms with van der Waals surface area (Å²) in [4.78, 5) is 2.37. The van der Waals surface area contributed by atoms with Crippen LogP contribution in [0.15, 0.2) is 30.8 Å². The van der Waals surface area contributed by atoms with E-state index in [0.717, 1.165) is 39.3 Å². The highest BCUT2D eigenvalue weighted by Crippen LogP contribution is 2.06. The van der Waals surface area contributed by atoms with E-state index in [1.54, 1.807) is 0 Å². The van der Waals surface area contributed by atoms with Crippen molar-refractivity contribution in [2.24, 2.45) is 0 Å². The molecule has 0 heterocycles. The molecule has 18 heavy (non-hydrogen) atoms. The molecule has 0 aliphatic heterocycles. The summed E-state index contributed by atoms with van der Waals surface area (Å²) >= 11 is 0. The van der Waals surface area contributed by atoms with Crippen LogP contribution in [-0.4, -0.2) is 37.7 Å². The lowest BCUT2D eigenvalue weighted by atomic mass is 10.1. The molecule has 1 aromatic rings. The van der Waals surface area contributed by atoms with Crippen LogP contribution in [0.4, 0.5) is 0 Å². The van der Waals surface area contributed by atoms with Crippen molar-refractivity contribution in [2.75, 3.05) is 32.8 Å². The predicted octanol–water partition coefficient (Wildman–Crippen LogP) is 3.23. The van der Waals surface area contributed by atoms with Crippen molar-refractivity contribution < 1.29 is 4.74 Å². The van der Waals surface area contributed by atoms with Gasteiger partial charge in [-0.2, -0.15) is 0 Å². The van der Waals surface area contributed by atoms with Crippen molar-refractivity contribution in [2.45, 2.75) is 20.3 Å². The maximum Gasteiger partial charge on any atom is 0.0593 e. The molecule has 0 saturated heterocycles. The second-order valence-electron chi connectivity index (χ2n) is 4.33. The molecule has 0 aliphatic rings. The lowest BCUT2D eigenvalue weighted by molar-refractivity contribution is 0.109. The average Bonchev–Trinajstić information content (AvgIpc) is 2.43. The number of likely N-dealkylation sites (N-methyl/N-ethyl adjacent to an activating group) is 1. The standard InChI is InChI=1S/C16H25NO/c1-4-15-7-9-16(10-8-15)11-13-18-14-12-17(5-2)6-3/h4,7-10H,1,5-6,11-14H2,2-3H3. The number of hydrogen-bond donors (Lipinski definition) is 0. The molecule has 100 valence electrons. The fourth-order valence-electron chi connectivity index (χ4n) is 1.85. The molecule has 0 bridgehead atoms. The Morgan fingerprint density at radius 3 is 2.33 bits per heavy atom. The molecule has 0 atom stereocenters. The Balaban J connectivity index is 2.15. The number of nitrogens with zero attached hydrogens (tertiary/aromatic N) is 1. The molecule has 2 heteroatoms. The molecule has 0 aliphatic carbocycles. The first-order valence-corrected chi connectivity index (χ1v) is 6.81. The third kappa shape index (κ3) is 5.48. The zero-order valence-electron chi connectivity index (χ0n) is 11.7. The Kier molecular flexibility index (Phi) is 7.38. The predicted molar refractivity (Wildman–Crippen MR) is 78.8 cm³/mol. The normalized spacial score (nSPS) is 10.8. The van der Waals surface area contributed by atoms with E-state index < -0.39 is 0 Å². The summed E-state index contributed by atoms with van der Waals surface area (Å²) in [5.41, 5.74) is 2.49. The SMILES string of the molecule is C=Cc1ccc(CCOCCN(CC)CC)cc1. The first-order chi connectivity index (χ1) is 8.80. The highest BCUT2D eigenvalue weighted by molar-refractivity contribution is 5.47. The second kappa shape index (κ2) is 8.90. The maximum absolute atomic E-state index is 5.67. The van der Waals surface area contributed by atoms with Crippen LogP contribution in [0.3, 0.4) is 0 Å². The van der Waals surface area contributed by atoms with Crippen LogP contribution in [0, 0.1) is 0 Å². The van der Waals surface area contributed by atoms with E-state index in [1.807, 2.05) is 6.08 Å². The minimum absolute atomic E-state index is 0.800. The van der Waals surface area contributed by atoms with Gasteiger partial charge < -0.3 is 9.64 Å². The van der Waals surface area contributed by atoms with E-state index in [4.69, 9.17) is 4.74 Å². The molecule has 0 fully saturated rings. The van der Waals surface area contributed by atoms with E-state index in [2.05, 4.69) is 49.6 Å². The quantitative estimate of drug-likeness (QED) is 0.621. The van der Waals surface area contributed by atoms with Gasteiger partial charge in [-0.1, -0.05) is 50.8 Å². The van der Waals surface area contributed by atoms with Crippen molar-refractivity contribution in [3.63, 3.8) is 0 Å². The molecule has 0 radical (unpaired) electrons. The van der Waals surface area contributed by atoms with Gasteiger partial charge in [0.25, 0.3) is 0 Å². The summed E-state index contributed by atoms with van der Waals surface area (Å²) in [6.07, 6.45) is 2.85. The first-order valence-electron chi connectivity index (χ1n) is 6.81. The summed E-state index contributed by atoms with van der Waals surface area (Å²) in [6.45, 7) is 13.0. The van der Waals surface area contributed by atoms with Gasteiger partial charge in [0.2, 0.25) is 0 Å². The van der Waals surface area contributed by atoms with E-state index >= 15 is 0 Å². The van der Waals surface area contributed by atoms with Gasteiger partial charge in [0.1, 0.15) is 0 Å². The molecule has 0 aromatic heterocycles. The van der Waals surface area contributed by atoms with Crippen molar-refractivity contribution in [3.05, 3.63) is 42.0 Å². The average molecular weight is 247 g/mol. The summed E-state index contributed by atoms with van der Waals surface area (Å²) in [7, 11) is 0. The van der Waals surface area contributed by atoms with Crippen molar-refractivity contribution in [1.82, 2.24) is 4.90 Å². The van der Waals surface area contributed by atoms with E-state index in [0.29, 0.717) is 0 Å². The number of benzene rings is 1. The van der Waals surface area contributed by atoms with Crippen LogP contribution in [-0.2, 0) is 11.2 Å². The molecule has 1 aromatic carbocycles. The van der Waals surface area contributed by atoms with E-state index in [-0.39, 0.29) is 0 Å². The van der Waals surface area contributed by atoms with Crippen LogP contribution in [0.25, 0.3) is 6.08 Å². The smallest absolute Gasteiger partial charge is 0.0593 e. The van der Waals surface area contributed by atoms with Gasteiger partial charge in [-0.15, -0.1) is 0 Å². The van der Waals surface area contributed by atoms with Gasteiger partial charge in [0.15, 0.2) is 0 Å². The molecule has 2 nitrogen and oxygen atoms in total. The maximum atomic E-state index is 5.67. The molecule has 0 N–H and O–H groups in total. The Hall–Kier alpha value is -1.12. The summed E-state index contributed by atoms with van der Waals surface area (Å²) < 4.78 is 5.67. The Labute approximate surface area is 111 Å². The number of hydrogen-bond acceptors (Lipinski definition) is 2. The van der Waals surface area contributed by atoms with Gasteiger partial charge in [-0.3, -0.25) is 0 Å². The largest absolute Gasteiger partial charge is 0.380 e. The lowest BCUT2D eigenvalue weighted by Gasteiger charge is -2.17. The number of rotatable bonds is 9. The van der Waals surface area contributed by atoms with Crippen molar-refractivity contribution in [1.29, 1.82) is 0 Å². The zero-order chi connectivity index (χ0) is 13.2. The zero-order valence-corrected chi connectivity index (χ0v) is 11.7.